The number of hydrogen-bond donors (Lipinski definition) is 2. The van der Waals surface area contributed by atoms with Crippen LogP contribution in [0.1, 0.15) is 54.2 Å². The number of carbonyl (C=O) groups is 1. The molecule has 0 radical (unpaired) electrons. The van der Waals surface area contributed by atoms with Gasteiger partial charge in [0.25, 0.3) is 0 Å². The summed E-state index contributed by atoms with van der Waals surface area (Å²) in [4.78, 5) is 31.7. The number of halogens is 3. The molecule has 1 aliphatic rings. The molecule has 0 spiro atoms. The Hall–Kier alpha value is -5.19. The van der Waals surface area contributed by atoms with Crippen LogP contribution in [0.2, 0.25) is 0 Å². The maximum Gasteiger partial charge on any atom is 0.416 e. The van der Waals surface area contributed by atoms with Gasteiger partial charge < -0.3 is 19.9 Å². The van der Waals surface area contributed by atoms with Gasteiger partial charge >= 0.3 is 12.3 Å². The van der Waals surface area contributed by atoms with Gasteiger partial charge in [-0.1, -0.05) is 72.8 Å². The number of alkyl halides is 3. The minimum atomic E-state index is -4.50. The van der Waals surface area contributed by atoms with Crippen LogP contribution in [0.25, 0.3) is 22.6 Å². The van der Waals surface area contributed by atoms with E-state index in [9.17, 15) is 18.0 Å². The summed E-state index contributed by atoms with van der Waals surface area (Å²) in [5, 5.41) is 3.31. The summed E-state index contributed by atoms with van der Waals surface area (Å²) in [7, 11) is 0. The topological polar surface area (TPSA) is 96.0 Å². The van der Waals surface area contributed by atoms with Crippen molar-refractivity contribution in [1.29, 1.82) is 0 Å². The number of piperidine rings is 1. The number of aromatic nitrogens is 4. The first kappa shape index (κ1) is 30.8. The van der Waals surface area contributed by atoms with Crippen molar-refractivity contribution in [3.8, 4) is 22.6 Å². The van der Waals surface area contributed by atoms with Crippen LogP contribution in [-0.2, 0) is 17.5 Å². The molecule has 8 nitrogen and oxygen atoms in total. The summed E-state index contributed by atoms with van der Waals surface area (Å²) in [6.07, 6.45) is -2.05. The first-order valence-electron chi connectivity index (χ1n) is 15.1. The second-order valence-electron chi connectivity index (χ2n) is 11.3. The molecule has 3 heterocycles. The number of ether oxygens (including phenoxy) is 1. The van der Waals surface area contributed by atoms with Gasteiger partial charge in [-0.25, -0.2) is 19.7 Å². The second kappa shape index (κ2) is 13.4. The van der Waals surface area contributed by atoms with Crippen molar-refractivity contribution in [2.45, 2.75) is 44.5 Å². The third-order valence-corrected chi connectivity index (χ3v) is 8.09. The summed E-state index contributed by atoms with van der Waals surface area (Å²) >= 11 is 0. The summed E-state index contributed by atoms with van der Waals surface area (Å²) in [5.74, 6) is 0.960. The number of likely N-dealkylation sites (tertiary alicyclic amines) is 1. The van der Waals surface area contributed by atoms with E-state index in [0.29, 0.717) is 60.3 Å². The lowest BCUT2D eigenvalue weighted by atomic mass is 9.96. The Morgan fingerprint density at radius 1 is 0.978 bits per heavy atom. The monoisotopic (exact) mass is 626 g/mol. The number of hydrogen-bond acceptors (Lipinski definition) is 6. The van der Waals surface area contributed by atoms with E-state index in [1.807, 2.05) is 67.6 Å². The van der Waals surface area contributed by atoms with Gasteiger partial charge in [-0.3, -0.25) is 0 Å². The predicted molar refractivity (Wildman–Crippen MR) is 169 cm³/mol. The van der Waals surface area contributed by atoms with Gasteiger partial charge in [-0.05, 0) is 49.1 Å². The van der Waals surface area contributed by atoms with Crippen LogP contribution >= 0.6 is 0 Å². The van der Waals surface area contributed by atoms with Crippen molar-refractivity contribution >= 4 is 12.0 Å². The van der Waals surface area contributed by atoms with Gasteiger partial charge in [-0.2, -0.15) is 13.2 Å². The lowest BCUT2D eigenvalue weighted by molar-refractivity contribution is -0.137. The minimum absolute atomic E-state index is 0.0472. The number of H-pyrrole nitrogens is 1. The number of anilines is 1. The molecule has 0 saturated carbocycles. The highest BCUT2D eigenvalue weighted by Crippen LogP contribution is 2.37. The van der Waals surface area contributed by atoms with Crippen molar-refractivity contribution < 1.29 is 22.7 Å². The molecule has 2 aromatic heterocycles. The molecule has 1 fully saturated rings. The van der Waals surface area contributed by atoms with Crippen LogP contribution in [0.15, 0.2) is 97.2 Å². The zero-order valence-electron chi connectivity index (χ0n) is 25.2. The number of imidazole rings is 1. The maximum atomic E-state index is 13.7. The molecule has 0 aliphatic carbocycles. The van der Waals surface area contributed by atoms with Gasteiger partial charge in [0.1, 0.15) is 12.4 Å². The number of nitrogens with zero attached hydrogens (tertiary/aromatic N) is 4. The Morgan fingerprint density at radius 3 is 2.41 bits per heavy atom. The molecule has 1 saturated heterocycles. The highest BCUT2D eigenvalue weighted by Gasteiger charge is 2.32. The third-order valence-electron chi connectivity index (χ3n) is 8.09. The average molecular weight is 627 g/mol. The van der Waals surface area contributed by atoms with Crippen LogP contribution in [0.5, 0.6) is 0 Å². The lowest BCUT2D eigenvalue weighted by Crippen LogP contribution is -2.38. The summed E-state index contributed by atoms with van der Waals surface area (Å²) in [6, 6.07) is 26.1. The Bertz CT molecular complexity index is 1770. The molecule has 3 aromatic carbocycles. The Balaban J connectivity index is 1.25. The summed E-state index contributed by atoms with van der Waals surface area (Å²) < 4.78 is 46.5. The molecule has 2 N–H and O–H groups in total. The standard InChI is InChI=1S/C35H33F3N6O2/c1-23(25-11-6-3-7-12-25)40-33-39-18-15-29(41-33)31-30(27-13-8-14-28(21-27)35(36,37)38)42-32(43-31)26-16-19-44(20-17-26)34(45)46-22-24-9-4-2-5-10-24/h2-15,18,21,23,26H,16-17,19-20,22H2,1H3,(H,42,43)(H,39,40,41)/t23-/m0/s1. The van der Waals surface area contributed by atoms with Crippen LogP contribution in [0.4, 0.5) is 23.9 Å². The molecule has 6 rings (SSSR count). The number of benzene rings is 3. The Morgan fingerprint density at radius 2 is 1.70 bits per heavy atom. The zero-order chi connectivity index (χ0) is 32.1. The van der Waals surface area contributed by atoms with Crippen LogP contribution in [0, 0.1) is 0 Å². The molecule has 0 bridgehead atoms. The first-order chi connectivity index (χ1) is 22.2. The third kappa shape index (κ3) is 7.20. The fraction of sp³-hybridized carbons (Fsp3) is 0.257. The van der Waals surface area contributed by atoms with Crippen LogP contribution in [-0.4, -0.2) is 44.0 Å². The Kier molecular flexibility index (Phi) is 9.00. The van der Waals surface area contributed by atoms with E-state index >= 15 is 0 Å². The number of carbonyl (C=O) groups excluding carboxylic acids is 1. The van der Waals surface area contributed by atoms with E-state index in [4.69, 9.17) is 14.7 Å². The molecule has 1 amide bonds. The summed E-state index contributed by atoms with van der Waals surface area (Å²) in [6.45, 7) is 3.12. The molecule has 5 aromatic rings. The molecule has 1 aliphatic heterocycles. The fourth-order valence-corrected chi connectivity index (χ4v) is 5.55. The van der Waals surface area contributed by atoms with Gasteiger partial charge in [0, 0.05) is 30.8 Å². The molecule has 236 valence electrons. The van der Waals surface area contributed by atoms with Crippen molar-refractivity contribution in [1.82, 2.24) is 24.8 Å². The van der Waals surface area contributed by atoms with Crippen molar-refractivity contribution in [2.75, 3.05) is 18.4 Å². The normalized spacial score (nSPS) is 14.6. The van der Waals surface area contributed by atoms with E-state index in [-0.39, 0.29) is 24.7 Å². The minimum Gasteiger partial charge on any atom is -0.445 e. The highest BCUT2D eigenvalue weighted by atomic mass is 19.4. The van der Waals surface area contributed by atoms with E-state index < -0.39 is 11.7 Å². The van der Waals surface area contributed by atoms with Crippen LogP contribution in [0.3, 0.4) is 0 Å². The Labute approximate surface area is 264 Å². The van der Waals surface area contributed by atoms with E-state index in [1.165, 1.54) is 6.07 Å². The smallest absolute Gasteiger partial charge is 0.416 e. The number of nitrogens with one attached hydrogen (secondary N) is 2. The maximum absolute atomic E-state index is 13.7. The molecule has 0 unspecified atom stereocenters. The largest absolute Gasteiger partial charge is 0.445 e. The number of amides is 1. The predicted octanol–water partition coefficient (Wildman–Crippen LogP) is 8.24. The van der Waals surface area contributed by atoms with Crippen molar-refractivity contribution in [2.24, 2.45) is 0 Å². The van der Waals surface area contributed by atoms with Gasteiger partial charge in [0.15, 0.2) is 0 Å². The average Bonchev–Trinajstić information content (AvgIpc) is 3.54. The lowest BCUT2D eigenvalue weighted by Gasteiger charge is -2.30. The SMILES string of the molecule is C[C@H](Nc1nccc(-c2[nH]c(C3CCN(C(=O)OCc4ccccc4)CC3)nc2-c2cccc(C(F)(F)F)c2)n1)c1ccccc1. The second-order valence-corrected chi connectivity index (χ2v) is 11.3. The number of aromatic amines is 1. The molecule has 46 heavy (non-hydrogen) atoms. The number of rotatable bonds is 8. The molecular formula is C35H33F3N6O2. The molecular weight excluding hydrogens is 593 g/mol. The van der Waals surface area contributed by atoms with Gasteiger partial charge in [-0.15, -0.1) is 0 Å². The quantitative estimate of drug-likeness (QED) is 0.180. The van der Waals surface area contributed by atoms with Crippen molar-refractivity contribution in [3.05, 3.63) is 120 Å². The van der Waals surface area contributed by atoms with E-state index in [2.05, 4.69) is 15.3 Å². The van der Waals surface area contributed by atoms with Gasteiger partial charge in [0.05, 0.1) is 28.7 Å². The molecule has 11 heteroatoms. The zero-order valence-corrected chi connectivity index (χ0v) is 25.2. The summed E-state index contributed by atoms with van der Waals surface area (Å²) in [5.41, 5.74) is 2.88. The van der Waals surface area contributed by atoms with Crippen molar-refractivity contribution in [3.63, 3.8) is 0 Å². The fourth-order valence-electron chi connectivity index (χ4n) is 5.55. The van der Waals surface area contributed by atoms with E-state index in [0.717, 1.165) is 23.3 Å². The molecule has 1 atom stereocenters. The highest BCUT2D eigenvalue weighted by molar-refractivity contribution is 5.77. The first-order valence-corrected chi connectivity index (χ1v) is 15.1. The van der Waals surface area contributed by atoms with Gasteiger partial charge in [0.2, 0.25) is 5.95 Å². The van der Waals surface area contributed by atoms with E-state index in [1.54, 1.807) is 23.2 Å². The van der Waals surface area contributed by atoms with Crippen LogP contribution < -0.4 is 5.32 Å².